The van der Waals surface area contributed by atoms with Crippen LogP contribution in [0.1, 0.15) is 43.0 Å². The van der Waals surface area contributed by atoms with E-state index < -0.39 is 0 Å². The van der Waals surface area contributed by atoms with Gasteiger partial charge in [0.05, 0.1) is 11.4 Å². The molecule has 0 radical (unpaired) electrons. The van der Waals surface area contributed by atoms with Crippen LogP contribution in [-0.4, -0.2) is 21.8 Å². The second kappa shape index (κ2) is 5.83. The average molecular weight is 251 g/mol. The lowest BCUT2D eigenvalue weighted by Crippen LogP contribution is -2.26. The van der Waals surface area contributed by atoms with Crippen LogP contribution in [0.25, 0.3) is 0 Å². The van der Waals surface area contributed by atoms with Gasteiger partial charge >= 0.3 is 0 Å². The molecule has 0 bridgehead atoms. The molecule has 3 nitrogen and oxygen atoms in total. The Morgan fingerprint density at radius 1 is 1.41 bits per heavy atom. The highest BCUT2D eigenvalue weighted by molar-refractivity contribution is 7.99. The summed E-state index contributed by atoms with van der Waals surface area (Å²) >= 11 is 1.95. The Morgan fingerprint density at radius 3 is 3.00 bits per heavy atom. The van der Waals surface area contributed by atoms with Crippen LogP contribution in [0.3, 0.4) is 0 Å². The van der Waals surface area contributed by atoms with Crippen molar-refractivity contribution in [1.29, 1.82) is 0 Å². The summed E-state index contributed by atoms with van der Waals surface area (Å²) in [5, 5.41) is 4.07. The third-order valence-electron chi connectivity index (χ3n) is 3.26. The number of aromatic nitrogens is 2. The fourth-order valence-corrected chi connectivity index (χ4v) is 2.77. The summed E-state index contributed by atoms with van der Waals surface area (Å²) in [7, 11) is 0. The SMILES string of the molecule is CCC(C)SCc1nc(C)c2c(n1)CCNC2. The monoisotopic (exact) mass is 251 g/mol. The van der Waals surface area contributed by atoms with Gasteiger partial charge in [0.1, 0.15) is 5.82 Å². The van der Waals surface area contributed by atoms with Crippen LogP contribution in [0.2, 0.25) is 0 Å². The van der Waals surface area contributed by atoms with Crippen LogP contribution in [0.15, 0.2) is 0 Å². The number of fused-ring (bicyclic) bond motifs is 1. The van der Waals surface area contributed by atoms with Gasteiger partial charge in [0.25, 0.3) is 0 Å². The molecule has 0 amide bonds. The average Bonchev–Trinajstić information content (AvgIpc) is 2.36. The molecule has 0 saturated heterocycles. The van der Waals surface area contributed by atoms with Crippen molar-refractivity contribution >= 4 is 11.8 Å². The van der Waals surface area contributed by atoms with Crippen molar-refractivity contribution in [3.8, 4) is 0 Å². The molecular formula is C13H21N3S. The first-order valence-corrected chi connectivity index (χ1v) is 7.43. The molecule has 1 aromatic rings. The smallest absolute Gasteiger partial charge is 0.138 e. The van der Waals surface area contributed by atoms with Crippen molar-refractivity contribution in [3.63, 3.8) is 0 Å². The third-order valence-corrected chi connectivity index (χ3v) is 4.59. The zero-order valence-corrected chi connectivity index (χ0v) is 11.7. The first kappa shape index (κ1) is 12.8. The van der Waals surface area contributed by atoms with Gasteiger partial charge in [0.15, 0.2) is 0 Å². The minimum Gasteiger partial charge on any atom is -0.312 e. The number of hydrogen-bond acceptors (Lipinski definition) is 4. The Bertz CT molecular complexity index is 392. The van der Waals surface area contributed by atoms with Gasteiger partial charge in [-0.05, 0) is 13.3 Å². The molecule has 17 heavy (non-hydrogen) atoms. The summed E-state index contributed by atoms with van der Waals surface area (Å²) < 4.78 is 0. The highest BCUT2D eigenvalue weighted by Gasteiger charge is 2.15. The molecule has 0 aromatic carbocycles. The number of aryl methyl sites for hydroxylation is 1. The maximum Gasteiger partial charge on any atom is 0.138 e. The molecule has 94 valence electrons. The van der Waals surface area contributed by atoms with Crippen molar-refractivity contribution in [1.82, 2.24) is 15.3 Å². The van der Waals surface area contributed by atoms with Gasteiger partial charge in [-0.2, -0.15) is 11.8 Å². The van der Waals surface area contributed by atoms with Gasteiger partial charge < -0.3 is 5.32 Å². The van der Waals surface area contributed by atoms with E-state index >= 15 is 0 Å². The van der Waals surface area contributed by atoms with Crippen molar-refractivity contribution in [2.45, 2.75) is 51.2 Å². The normalized spacial score (nSPS) is 16.6. The summed E-state index contributed by atoms with van der Waals surface area (Å²) in [6.45, 7) is 8.56. The molecule has 2 heterocycles. The predicted molar refractivity (Wildman–Crippen MR) is 73.2 cm³/mol. The molecular weight excluding hydrogens is 230 g/mol. The fourth-order valence-electron chi connectivity index (χ4n) is 1.97. The van der Waals surface area contributed by atoms with Crippen LogP contribution in [0.4, 0.5) is 0 Å². The quantitative estimate of drug-likeness (QED) is 0.892. The van der Waals surface area contributed by atoms with Gasteiger partial charge in [-0.15, -0.1) is 0 Å². The Morgan fingerprint density at radius 2 is 2.24 bits per heavy atom. The predicted octanol–water partition coefficient (Wildman–Crippen LogP) is 2.46. The zero-order valence-electron chi connectivity index (χ0n) is 10.9. The van der Waals surface area contributed by atoms with Crippen LogP contribution in [0, 0.1) is 6.92 Å². The Labute approximate surface area is 108 Å². The molecule has 0 aliphatic carbocycles. The highest BCUT2D eigenvalue weighted by Crippen LogP contribution is 2.20. The van der Waals surface area contributed by atoms with E-state index in [-0.39, 0.29) is 0 Å². The number of nitrogens with zero attached hydrogens (tertiary/aromatic N) is 2. The van der Waals surface area contributed by atoms with E-state index in [2.05, 4.69) is 31.1 Å². The Balaban J connectivity index is 2.11. The number of thioether (sulfide) groups is 1. The summed E-state index contributed by atoms with van der Waals surface area (Å²) in [5.74, 6) is 1.95. The van der Waals surface area contributed by atoms with Crippen LogP contribution in [-0.2, 0) is 18.7 Å². The van der Waals surface area contributed by atoms with Crippen LogP contribution in [0.5, 0.6) is 0 Å². The van der Waals surface area contributed by atoms with Gasteiger partial charge in [0, 0.05) is 36.0 Å². The minimum atomic E-state index is 0.691. The lowest BCUT2D eigenvalue weighted by atomic mass is 10.1. The maximum absolute atomic E-state index is 4.71. The number of hydrogen-bond donors (Lipinski definition) is 1. The van der Waals surface area contributed by atoms with Gasteiger partial charge in [-0.25, -0.2) is 9.97 Å². The maximum atomic E-state index is 4.71. The van der Waals surface area contributed by atoms with Gasteiger partial charge in [-0.1, -0.05) is 13.8 Å². The molecule has 0 spiro atoms. The third kappa shape index (κ3) is 3.19. The van der Waals surface area contributed by atoms with E-state index in [0.29, 0.717) is 5.25 Å². The second-order valence-corrected chi connectivity index (χ2v) is 6.03. The van der Waals surface area contributed by atoms with Crippen molar-refractivity contribution < 1.29 is 0 Å². The molecule has 0 saturated carbocycles. The minimum absolute atomic E-state index is 0.691. The molecule has 0 fully saturated rings. The van der Waals surface area contributed by atoms with Gasteiger partial charge in [-0.3, -0.25) is 0 Å². The van der Waals surface area contributed by atoms with Crippen LogP contribution >= 0.6 is 11.8 Å². The fraction of sp³-hybridized carbons (Fsp3) is 0.692. The summed E-state index contributed by atoms with van der Waals surface area (Å²) in [5.41, 5.74) is 3.73. The van der Waals surface area contributed by atoms with Crippen molar-refractivity contribution in [2.24, 2.45) is 0 Å². The van der Waals surface area contributed by atoms with Crippen molar-refractivity contribution in [3.05, 3.63) is 22.8 Å². The molecule has 1 N–H and O–H groups in total. The molecule has 2 rings (SSSR count). The number of rotatable bonds is 4. The van der Waals surface area contributed by atoms with E-state index in [4.69, 9.17) is 4.98 Å². The second-order valence-electron chi connectivity index (χ2n) is 4.61. The zero-order chi connectivity index (χ0) is 12.3. The Kier molecular flexibility index (Phi) is 4.40. The molecule has 1 aromatic heterocycles. The molecule has 1 atom stereocenters. The summed E-state index contributed by atoms with van der Waals surface area (Å²) in [4.78, 5) is 9.33. The lowest BCUT2D eigenvalue weighted by Gasteiger charge is -2.19. The first-order valence-electron chi connectivity index (χ1n) is 6.38. The summed E-state index contributed by atoms with van der Waals surface area (Å²) in [6, 6.07) is 0. The lowest BCUT2D eigenvalue weighted by molar-refractivity contribution is 0.617. The summed E-state index contributed by atoms with van der Waals surface area (Å²) in [6.07, 6.45) is 2.25. The standard InChI is InChI=1S/C13H21N3S/c1-4-9(2)17-8-13-15-10(3)11-7-14-6-5-12(11)16-13/h9,14H,4-8H2,1-3H3. The highest BCUT2D eigenvalue weighted by atomic mass is 32.2. The van der Waals surface area contributed by atoms with E-state index in [1.54, 1.807) is 0 Å². The molecule has 1 aliphatic rings. The Hall–Kier alpha value is -0.610. The van der Waals surface area contributed by atoms with E-state index in [1.807, 2.05) is 11.8 Å². The van der Waals surface area contributed by atoms with E-state index in [0.717, 1.165) is 36.8 Å². The first-order chi connectivity index (χ1) is 8.20. The van der Waals surface area contributed by atoms with E-state index in [1.165, 1.54) is 17.7 Å². The molecule has 1 aliphatic heterocycles. The van der Waals surface area contributed by atoms with Crippen LogP contribution < -0.4 is 5.32 Å². The van der Waals surface area contributed by atoms with E-state index in [9.17, 15) is 0 Å². The molecule has 1 unspecified atom stereocenters. The largest absolute Gasteiger partial charge is 0.312 e. The number of nitrogens with one attached hydrogen (secondary N) is 1. The topological polar surface area (TPSA) is 37.8 Å². The van der Waals surface area contributed by atoms with Crippen molar-refractivity contribution in [2.75, 3.05) is 6.54 Å². The van der Waals surface area contributed by atoms with Gasteiger partial charge in [0.2, 0.25) is 0 Å². The molecule has 4 heteroatoms.